The van der Waals surface area contributed by atoms with Crippen LogP contribution in [0.3, 0.4) is 0 Å². The highest BCUT2D eigenvalue weighted by Crippen LogP contribution is 2.18. The zero-order chi connectivity index (χ0) is 13.0. The normalized spacial score (nSPS) is 31.0. The predicted octanol–water partition coefficient (Wildman–Crippen LogP) is 1.96. The molecule has 0 spiro atoms. The van der Waals surface area contributed by atoms with Crippen LogP contribution in [0.2, 0.25) is 0 Å². The van der Waals surface area contributed by atoms with Crippen LogP contribution in [0.4, 0.5) is 4.79 Å². The van der Waals surface area contributed by atoms with Gasteiger partial charge in [-0.3, -0.25) is 0 Å². The van der Waals surface area contributed by atoms with Crippen molar-refractivity contribution in [3.05, 3.63) is 0 Å². The minimum absolute atomic E-state index is 0.0447. The van der Waals surface area contributed by atoms with Crippen LogP contribution in [0.1, 0.15) is 45.4 Å². The van der Waals surface area contributed by atoms with Crippen molar-refractivity contribution in [2.24, 2.45) is 5.92 Å². The van der Waals surface area contributed by atoms with E-state index in [0.717, 1.165) is 32.4 Å². The third kappa shape index (κ3) is 3.87. The van der Waals surface area contributed by atoms with Crippen LogP contribution in [0.15, 0.2) is 0 Å². The number of hydrogen-bond acceptors (Lipinski definition) is 2. The van der Waals surface area contributed by atoms with Crippen molar-refractivity contribution in [2.75, 3.05) is 20.1 Å². The van der Waals surface area contributed by atoms with Gasteiger partial charge >= 0.3 is 6.03 Å². The summed E-state index contributed by atoms with van der Waals surface area (Å²) in [6, 6.07) is 0.786. The Hall–Kier alpha value is -0.770. The topological polar surface area (TPSA) is 44.4 Å². The summed E-state index contributed by atoms with van der Waals surface area (Å²) in [6.45, 7) is 4.38. The van der Waals surface area contributed by atoms with Crippen molar-refractivity contribution in [2.45, 2.75) is 57.5 Å². The Morgan fingerprint density at radius 1 is 1.11 bits per heavy atom. The van der Waals surface area contributed by atoms with E-state index in [1.807, 2.05) is 0 Å². The second-order valence-corrected chi connectivity index (χ2v) is 6.09. The Morgan fingerprint density at radius 2 is 1.83 bits per heavy atom. The second kappa shape index (κ2) is 6.41. The zero-order valence-corrected chi connectivity index (χ0v) is 11.7. The highest BCUT2D eigenvalue weighted by atomic mass is 16.2. The number of rotatable bonds is 2. The number of nitrogens with one attached hydrogen (secondary N) is 2. The molecule has 2 N–H and O–H groups in total. The van der Waals surface area contributed by atoms with Gasteiger partial charge in [0.05, 0.1) is 0 Å². The quantitative estimate of drug-likeness (QED) is 0.790. The summed E-state index contributed by atoms with van der Waals surface area (Å²) in [4.78, 5) is 14.3. The van der Waals surface area contributed by atoms with E-state index in [1.165, 1.54) is 19.3 Å². The molecule has 0 aromatic carbocycles. The molecule has 1 aliphatic heterocycles. The van der Waals surface area contributed by atoms with E-state index >= 15 is 0 Å². The maximum atomic E-state index is 12.0. The lowest BCUT2D eigenvalue weighted by Gasteiger charge is -2.35. The maximum Gasteiger partial charge on any atom is 0.315 e. The van der Waals surface area contributed by atoms with E-state index in [2.05, 4.69) is 29.5 Å². The van der Waals surface area contributed by atoms with E-state index in [1.54, 1.807) is 0 Å². The van der Waals surface area contributed by atoms with Crippen LogP contribution in [-0.4, -0.2) is 43.2 Å². The number of urea groups is 1. The molecule has 4 nitrogen and oxygen atoms in total. The Labute approximate surface area is 110 Å². The molecule has 1 saturated carbocycles. The minimum Gasteiger partial charge on any atom is -0.335 e. The first-order chi connectivity index (χ1) is 8.65. The summed E-state index contributed by atoms with van der Waals surface area (Å²) < 4.78 is 0. The average molecular weight is 253 g/mol. The van der Waals surface area contributed by atoms with Crippen molar-refractivity contribution in [1.82, 2.24) is 15.5 Å². The number of carbonyl (C=O) groups is 1. The number of piperidine rings is 1. The van der Waals surface area contributed by atoms with Crippen molar-refractivity contribution in [3.63, 3.8) is 0 Å². The number of amides is 2. The Balaban J connectivity index is 1.73. The van der Waals surface area contributed by atoms with Crippen LogP contribution in [0, 0.1) is 5.92 Å². The molecule has 2 unspecified atom stereocenters. The van der Waals surface area contributed by atoms with E-state index in [4.69, 9.17) is 0 Å². The number of nitrogens with zero attached hydrogens (tertiary/aromatic N) is 1. The van der Waals surface area contributed by atoms with Crippen molar-refractivity contribution < 1.29 is 4.79 Å². The lowest BCUT2D eigenvalue weighted by molar-refractivity contribution is 0.170. The van der Waals surface area contributed by atoms with E-state index < -0.39 is 0 Å². The molecule has 1 heterocycles. The molecule has 18 heavy (non-hydrogen) atoms. The van der Waals surface area contributed by atoms with Gasteiger partial charge in [0.1, 0.15) is 0 Å². The molecule has 2 rings (SSSR count). The molecule has 0 radical (unpaired) electrons. The van der Waals surface area contributed by atoms with Gasteiger partial charge in [0.2, 0.25) is 0 Å². The molecule has 0 aromatic rings. The smallest absolute Gasteiger partial charge is 0.315 e. The highest BCUT2D eigenvalue weighted by Gasteiger charge is 2.26. The number of carbonyl (C=O) groups excluding carboxylic acids is 1. The largest absolute Gasteiger partial charge is 0.335 e. The van der Waals surface area contributed by atoms with E-state index in [9.17, 15) is 4.79 Å². The summed E-state index contributed by atoms with van der Waals surface area (Å²) in [7, 11) is 2.15. The fraction of sp³-hybridized carbons (Fsp3) is 0.929. The van der Waals surface area contributed by atoms with Crippen LogP contribution < -0.4 is 10.6 Å². The minimum atomic E-state index is 0.0447. The first-order valence-electron chi connectivity index (χ1n) is 7.40. The van der Waals surface area contributed by atoms with Gasteiger partial charge in [-0.05, 0) is 38.8 Å². The van der Waals surface area contributed by atoms with E-state index in [0.29, 0.717) is 18.0 Å². The molecular weight excluding hydrogens is 226 g/mol. The molecule has 0 bridgehead atoms. The van der Waals surface area contributed by atoms with Gasteiger partial charge in [0.15, 0.2) is 0 Å². The van der Waals surface area contributed by atoms with Gasteiger partial charge in [-0.25, -0.2) is 4.79 Å². The summed E-state index contributed by atoms with van der Waals surface area (Å²) in [5.41, 5.74) is 0. The fourth-order valence-corrected chi connectivity index (χ4v) is 3.21. The van der Waals surface area contributed by atoms with Crippen LogP contribution in [0.25, 0.3) is 0 Å². The average Bonchev–Trinajstić information content (AvgIpc) is 2.34. The van der Waals surface area contributed by atoms with Gasteiger partial charge in [-0.1, -0.05) is 26.2 Å². The van der Waals surface area contributed by atoms with Crippen LogP contribution >= 0.6 is 0 Å². The number of hydrogen-bond donors (Lipinski definition) is 2. The predicted molar refractivity (Wildman–Crippen MR) is 73.6 cm³/mol. The third-order valence-corrected chi connectivity index (χ3v) is 4.37. The first-order valence-corrected chi connectivity index (χ1v) is 7.40. The SMILES string of the molecule is CC1CN(C)CCC1NC(=O)NC1CCCCC1. The summed E-state index contributed by atoms with van der Waals surface area (Å²) in [5, 5.41) is 6.29. The molecule has 0 aromatic heterocycles. The Bertz CT molecular complexity index is 276. The van der Waals surface area contributed by atoms with Crippen molar-refractivity contribution in [3.8, 4) is 0 Å². The number of likely N-dealkylation sites (tertiary alicyclic amines) is 1. The van der Waals surface area contributed by atoms with Crippen molar-refractivity contribution in [1.29, 1.82) is 0 Å². The van der Waals surface area contributed by atoms with E-state index in [-0.39, 0.29) is 6.03 Å². The molecule has 1 saturated heterocycles. The summed E-state index contributed by atoms with van der Waals surface area (Å²) in [6.07, 6.45) is 7.21. The zero-order valence-electron chi connectivity index (χ0n) is 11.7. The summed E-state index contributed by atoms with van der Waals surface area (Å²) >= 11 is 0. The summed E-state index contributed by atoms with van der Waals surface area (Å²) in [5.74, 6) is 0.542. The maximum absolute atomic E-state index is 12.0. The molecule has 2 amide bonds. The van der Waals surface area contributed by atoms with Crippen LogP contribution in [0.5, 0.6) is 0 Å². The lowest BCUT2D eigenvalue weighted by atomic mass is 9.94. The molecule has 2 atom stereocenters. The molecular formula is C14H27N3O. The molecule has 104 valence electrons. The van der Waals surface area contributed by atoms with Crippen molar-refractivity contribution >= 4 is 6.03 Å². The molecule has 4 heteroatoms. The standard InChI is InChI=1S/C14H27N3O/c1-11-10-17(2)9-8-13(11)16-14(18)15-12-6-4-3-5-7-12/h11-13H,3-10H2,1-2H3,(H2,15,16,18). The van der Waals surface area contributed by atoms with Gasteiger partial charge in [0.25, 0.3) is 0 Å². The molecule has 2 aliphatic rings. The highest BCUT2D eigenvalue weighted by molar-refractivity contribution is 5.74. The van der Waals surface area contributed by atoms with Gasteiger partial charge < -0.3 is 15.5 Å². The first kappa shape index (κ1) is 13.7. The van der Waals surface area contributed by atoms with Gasteiger partial charge in [0, 0.05) is 18.6 Å². The molecule has 1 aliphatic carbocycles. The monoisotopic (exact) mass is 253 g/mol. The second-order valence-electron chi connectivity index (χ2n) is 6.09. The lowest BCUT2D eigenvalue weighted by Crippen LogP contribution is -2.53. The third-order valence-electron chi connectivity index (χ3n) is 4.37. The van der Waals surface area contributed by atoms with Gasteiger partial charge in [-0.15, -0.1) is 0 Å². The fourth-order valence-electron chi connectivity index (χ4n) is 3.21. The molecule has 2 fully saturated rings. The Morgan fingerprint density at radius 3 is 2.50 bits per heavy atom. The van der Waals surface area contributed by atoms with Gasteiger partial charge in [-0.2, -0.15) is 0 Å². The Kier molecular flexibility index (Phi) is 4.87. The van der Waals surface area contributed by atoms with Crippen LogP contribution in [-0.2, 0) is 0 Å².